The average Bonchev–Trinajstić information content (AvgIpc) is 2.07. The van der Waals surface area contributed by atoms with Crippen LogP contribution in [0, 0.1) is 0 Å². The molecule has 0 amide bonds. The lowest BCUT2D eigenvalue weighted by molar-refractivity contribution is -0.123. The van der Waals surface area contributed by atoms with Crippen molar-refractivity contribution >= 4 is 12.4 Å². The van der Waals surface area contributed by atoms with E-state index in [0.717, 1.165) is 0 Å². The maximum atomic E-state index is 10.8. The first-order chi connectivity index (χ1) is 5.34. The molecule has 0 unspecified atom stereocenters. The molecule has 0 aromatic heterocycles. The molecule has 3 N–H and O–H groups in total. The summed E-state index contributed by atoms with van der Waals surface area (Å²) < 4.78 is 4.11. The minimum absolute atomic E-state index is 0. The molecule has 4 nitrogen and oxygen atoms in total. The molecule has 0 aliphatic carbocycles. The van der Waals surface area contributed by atoms with Gasteiger partial charge in [-0.1, -0.05) is 18.2 Å². The van der Waals surface area contributed by atoms with Crippen LogP contribution in [0.1, 0.15) is 10.4 Å². The van der Waals surface area contributed by atoms with Crippen LogP contribution in [0.15, 0.2) is 30.3 Å². The molecular weight excluding hydrogens is 158 g/mol. The third kappa shape index (κ3) is 2.51. The molecule has 0 atom stereocenters. The Bertz CT molecular complexity index is 258. The molecule has 64 valence electrons. The fourth-order valence-corrected chi connectivity index (χ4v) is 0.686. The molecule has 0 aliphatic rings. The maximum Gasteiger partial charge on any atom is 0.345 e. The maximum absolute atomic E-state index is 10.8. The summed E-state index contributed by atoms with van der Waals surface area (Å²) in [4.78, 5) is 20.5. The van der Waals surface area contributed by atoms with Gasteiger partial charge in [0.1, 0.15) is 0 Å². The summed E-state index contributed by atoms with van der Waals surface area (Å²) in [6, 6.07) is 8.32. The minimum Gasteiger partial charge on any atom is -0.392 e. The first-order valence-corrected chi connectivity index (χ1v) is 3.04. The zero-order valence-corrected chi connectivity index (χ0v) is 6.40. The second-order valence-corrected chi connectivity index (χ2v) is 1.87. The van der Waals surface area contributed by atoms with Crippen LogP contribution in [0.3, 0.4) is 0 Å². The van der Waals surface area contributed by atoms with Gasteiger partial charge in [0, 0.05) is 0 Å². The van der Waals surface area contributed by atoms with E-state index in [1.807, 2.05) is 0 Å². The second kappa shape index (κ2) is 5.03. The van der Waals surface area contributed by atoms with Crippen LogP contribution in [0.2, 0.25) is 0 Å². The Morgan fingerprint density at radius 2 is 1.83 bits per heavy atom. The van der Waals surface area contributed by atoms with E-state index in [-0.39, 0.29) is 12.6 Å². The predicted molar refractivity (Wildman–Crippen MR) is 42.9 cm³/mol. The van der Waals surface area contributed by atoms with Gasteiger partial charge in [-0.2, -0.15) is 0 Å². The number of esters is 1. The SMILES string of the molecule is N.O=COC(=O)c1ccccc1. The normalized spacial score (nSPS) is 8.00. The predicted octanol–water partition coefficient (Wildman–Crippen LogP) is 1.16. The van der Waals surface area contributed by atoms with Crippen molar-refractivity contribution in [2.75, 3.05) is 0 Å². The highest BCUT2D eigenvalue weighted by Crippen LogP contribution is 1.99. The van der Waals surface area contributed by atoms with E-state index in [0.29, 0.717) is 5.56 Å². The van der Waals surface area contributed by atoms with Crippen molar-refractivity contribution in [3.05, 3.63) is 35.9 Å². The van der Waals surface area contributed by atoms with E-state index in [1.165, 1.54) is 0 Å². The topological polar surface area (TPSA) is 78.4 Å². The third-order valence-electron chi connectivity index (χ3n) is 1.16. The van der Waals surface area contributed by atoms with Crippen LogP contribution in [-0.2, 0) is 9.53 Å². The lowest BCUT2D eigenvalue weighted by atomic mass is 10.2. The molecule has 0 saturated carbocycles. The molecule has 1 aromatic rings. The second-order valence-electron chi connectivity index (χ2n) is 1.87. The van der Waals surface area contributed by atoms with E-state index >= 15 is 0 Å². The first kappa shape index (κ1) is 10.3. The summed E-state index contributed by atoms with van der Waals surface area (Å²) in [7, 11) is 0. The summed E-state index contributed by atoms with van der Waals surface area (Å²) in [6.45, 7) is 0.120. The zero-order valence-electron chi connectivity index (χ0n) is 6.40. The summed E-state index contributed by atoms with van der Waals surface area (Å²) in [5, 5.41) is 0. The number of hydrogen-bond donors (Lipinski definition) is 1. The largest absolute Gasteiger partial charge is 0.392 e. The summed E-state index contributed by atoms with van der Waals surface area (Å²) in [5.41, 5.74) is 0.375. The average molecular weight is 167 g/mol. The summed E-state index contributed by atoms with van der Waals surface area (Å²) >= 11 is 0. The highest BCUT2D eigenvalue weighted by molar-refractivity contribution is 5.92. The van der Waals surface area contributed by atoms with Crippen LogP contribution in [0.5, 0.6) is 0 Å². The van der Waals surface area contributed by atoms with Gasteiger partial charge in [0.2, 0.25) is 0 Å². The fraction of sp³-hybridized carbons (Fsp3) is 0. The molecule has 0 radical (unpaired) electrons. The van der Waals surface area contributed by atoms with Crippen molar-refractivity contribution in [1.29, 1.82) is 0 Å². The Morgan fingerprint density at radius 3 is 2.33 bits per heavy atom. The van der Waals surface area contributed by atoms with E-state index in [2.05, 4.69) is 4.74 Å². The number of carbonyl (C=O) groups is 2. The molecule has 4 heteroatoms. The van der Waals surface area contributed by atoms with E-state index < -0.39 is 5.97 Å². The number of rotatable bonds is 2. The van der Waals surface area contributed by atoms with Crippen LogP contribution in [0.25, 0.3) is 0 Å². The lowest BCUT2D eigenvalue weighted by Gasteiger charge is -1.94. The Hall–Kier alpha value is -1.68. The standard InChI is InChI=1S/C8H6O3.H3N/c9-6-11-8(10)7-4-2-1-3-5-7;/h1-6H;1H3. The van der Waals surface area contributed by atoms with Crippen molar-refractivity contribution in [3.8, 4) is 0 Å². The Morgan fingerprint density at radius 1 is 1.25 bits per heavy atom. The van der Waals surface area contributed by atoms with Crippen molar-refractivity contribution in [2.45, 2.75) is 0 Å². The van der Waals surface area contributed by atoms with Gasteiger partial charge < -0.3 is 10.9 Å². The van der Waals surface area contributed by atoms with Crippen LogP contribution in [-0.4, -0.2) is 12.4 Å². The van der Waals surface area contributed by atoms with E-state index in [4.69, 9.17) is 0 Å². The Labute approximate surface area is 69.7 Å². The van der Waals surface area contributed by atoms with Gasteiger partial charge in [-0.3, -0.25) is 4.79 Å². The Kier molecular flexibility index (Phi) is 4.33. The number of carbonyl (C=O) groups excluding carboxylic acids is 2. The monoisotopic (exact) mass is 167 g/mol. The smallest absolute Gasteiger partial charge is 0.345 e. The van der Waals surface area contributed by atoms with Gasteiger partial charge in [0.15, 0.2) is 0 Å². The van der Waals surface area contributed by atoms with E-state index in [1.54, 1.807) is 30.3 Å². The molecule has 0 heterocycles. The highest BCUT2D eigenvalue weighted by atomic mass is 16.6. The van der Waals surface area contributed by atoms with Crippen LogP contribution in [0.4, 0.5) is 0 Å². The molecular formula is C8H9NO3. The summed E-state index contributed by atoms with van der Waals surface area (Å²) in [5.74, 6) is -0.624. The molecule has 0 saturated heterocycles. The van der Waals surface area contributed by atoms with Crippen molar-refractivity contribution in [2.24, 2.45) is 0 Å². The third-order valence-corrected chi connectivity index (χ3v) is 1.16. The van der Waals surface area contributed by atoms with Crippen molar-refractivity contribution in [3.63, 3.8) is 0 Å². The lowest BCUT2D eigenvalue weighted by Crippen LogP contribution is -2.02. The number of hydrogen-bond acceptors (Lipinski definition) is 4. The Balaban J connectivity index is 0.00000121. The fourth-order valence-electron chi connectivity index (χ4n) is 0.686. The quantitative estimate of drug-likeness (QED) is 0.407. The van der Waals surface area contributed by atoms with Crippen LogP contribution < -0.4 is 6.15 Å². The van der Waals surface area contributed by atoms with Crippen molar-refractivity contribution in [1.82, 2.24) is 6.15 Å². The molecule has 12 heavy (non-hydrogen) atoms. The minimum atomic E-state index is -0.624. The van der Waals surface area contributed by atoms with Gasteiger partial charge in [-0.15, -0.1) is 0 Å². The van der Waals surface area contributed by atoms with Gasteiger partial charge in [0.05, 0.1) is 5.56 Å². The molecule has 0 spiro atoms. The molecule has 0 bridgehead atoms. The molecule has 0 fully saturated rings. The number of ether oxygens (including phenoxy) is 1. The van der Waals surface area contributed by atoms with Gasteiger partial charge in [0.25, 0.3) is 0 Å². The van der Waals surface area contributed by atoms with Gasteiger partial charge in [-0.05, 0) is 12.1 Å². The molecule has 1 rings (SSSR count). The highest BCUT2D eigenvalue weighted by Gasteiger charge is 2.03. The molecule has 1 aromatic carbocycles. The molecule has 0 aliphatic heterocycles. The van der Waals surface area contributed by atoms with Gasteiger partial charge >= 0.3 is 12.4 Å². The zero-order chi connectivity index (χ0) is 8.10. The number of benzene rings is 1. The van der Waals surface area contributed by atoms with E-state index in [9.17, 15) is 9.59 Å². The first-order valence-electron chi connectivity index (χ1n) is 3.04. The van der Waals surface area contributed by atoms with Crippen molar-refractivity contribution < 1.29 is 14.3 Å². The van der Waals surface area contributed by atoms with Gasteiger partial charge in [-0.25, -0.2) is 4.79 Å². The van der Waals surface area contributed by atoms with Crippen LogP contribution >= 0.6 is 0 Å². The summed E-state index contributed by atoms with van der Waals surface area (Å²) in [6.07, 6.45) is 0.